The first kappa shape index (κ1) is 14.9. The Morgan fingerprint density at radius 1 is 1.27 bits per heavy atom. The number of hydrogen-bond donors (Lipinski definition) is 2. The van der Waals surface area contributed by atoms with Crippen molar-refractivity contribution in [2.45, 2.75) is 18.9 Å². The molecule has 0 amide bonds. The zero-order valence-corrected chi connectivity index (χ0v) is 13.0. The first-order chi connectivity index (χ1) is 10.4. The molecule has 2 aromatic rings. The number of pyridine rings is 1. The molecule has 1 aliphatic heterocycles. The summed E-state index contributed by atoms with van der Waals surface area (Å²) >= 11 is 0. The lowest BCUT2D eigenvalue weighted by atomic mass is 10.1. The highest BCUT2D eigenvalue weighted by Gasteiger charge is 2.25. The maximum Gasteiger partial charge on any atom is 0.211 e. The van der Waals surface area contributed by atoms with E-state index in [1.54, 1.807) is 6.07 Å². The lowest BCUT2D eigenvalue weighted by molar-refractivity contribution is 0.331. The Morgan fingerprint density at radius 3 is 2.68 bits per heavy atom. The Labute approximate surface area is 128 Å². The highest BCUT2D eigenvalue weighted by molar-refractivity contribution is 7.88. The fraction of sp³-hybridized carbons (Fsp3) is 0.462. The largest absolute Gasteiger partial charge is 0.384 e. The fourth-order valence-corrected chi connectivity index (χ4v) is 3.47. The number of nitrogens with two attached hydrogens (primary N) is 1. The molecule has 0 spiro atoms. The average Bonchev–Trinajstić information content (AvgIpc) is 2.47. The summed E-state index contributed by atoms with van der Waals surface area (Å²) < 4.78 is 24.6. The zero-order valence-electron chi connectivity index (χ0n) is 12.2. The second-order valence-corrected chi connectivity index (χ2v) is 7.39. The van der Waals surface area contributed by atoms with Crippen LogP contribution in [-0.2, 0) is 10.0 Å². The van der Waals surface area contributed by atoms with Gasteiger partial charge in [-0.15, -0.1) is 0 Å². The summed E-state index contributed by atoms with van der Waals surface area (Å²) in [6, 6.07) is 3.73. The summed E-state index contributed by atoms with van der Waals surface area (Å²) in [7, 11) is -3.11. The summed E-state index contributed by atoms with van der Waals surface area (Å²) in [5.41, 5.74) is 6.21. The lowest BCUT2D eigenvalue weighted by Crippen LogP contribution is -2.41. The Balaban J connectivity index is 1.75. The third kappa shape index (κ3) is 3.09. The molecule has 22 heavy (non-hydrogen) atoms. The number of sulfonamides is 1. The Morgan fingerprint density at radius 2 is 2.00 bits per heavy atom. The molecule has 0 bridgehead atoms. The lowest BCUT2D eigenvalue weighted by Gasteiger charge is -2.31. The molecule has 0 unspecified atom stereocenters. The van der Waals surface area contributed by atoms with Crippen LogP contribution in [0.4, 0.5) is 11.6 Å². The number of nitrogens with zero attached hydrogens (tertiary/aromatic N) is 4. The van der Waals surface area contributed by atoms with Crippen molar-refractivity contribution in [3.05, 3.63) is 18.5 Å². The van der Waals surface area contributed by atoms with Gasteiger partial charge in [-0.05, 0) is 25.0 Å². The van der Waals surface area contributed by atoms with Gasteiger partial charge in [-0.1, -0.05) is 0 Å². The maximum atomic E-state index is 11.5. The van der Waals surface area contributed by atoms with Gasteiger partial charge < -0.3 is 11.1 Å². The average molecular weight is 322 g/mol. The van der Waals surface area contributed by atoms with Gasteiger partial charge in [0, 0.05) is 19.1 Å². The minimum absolute atomic E-state index is 0.175. The Hall–Kier alpha value is -2.00. The van der Waals surface area contributed by atoms with E-state index in [1.165, 1.54) is 16.9 Å². The predicted molar refractivity (Wildman–Crippen MR) is 84.8 cm³/mol. The molecule has 0 atom stereocenters. The zero-order chi connectivity index (χ0) is 15.7. The summed E-state index contributed by atoms with van der Waals surface area (Å²) in [5, 5.41) is 4.17. The number of hydrogen-bond acceptors (Lipinski definition) is 7. The minimum atomic E-state index is -3.11. The Kier molecular flexibility index (Phi) is 3.83. The topological polar surface area (TPSA) is 114 Å². The Bertz CT molecular complexity index is 786. The van der Waals surface area contributed by atoms with E-state index in [9.17, 15) is 8.42 Å². The van der Waals surface area contributed by atoms with Crippen LogP contribution >= 0.6 is 0 Å². The van der Waals surface area contributed by atoms with Gasteiger partial charge in [-0.3, -0.25) is 0 Å². The van der Waals surface area contributed by atoms with Gasteiger partial charge in [0.15, 0.2) is 5.65 Å². The number of aromatic nitrogens is 3. The van der Waals surface area contributed by atoms with Crippen molar-refractivity contribution in [2.75, 3.05) is 30.4 Å². The van der Waals surface area contributed by atoms with E-state index >= 15 is 0 Å². The highest BCUT2D eigenvalue weighted by atomic mass is 32.2. The van der Waals surface area contributed by atoms with Gasteiger partial charge in [0.25, 0.3) is 0 Å². The third-order valence-corrected chi connectivity index (χ3v) is 5.09. The molecule has 2 aromatic heterocycles. The third-order valence-electron chi connectivity index (χ3n) is 3.78. The van der Waals surface area contributed by atoms with Crippen molar-refractivity contribution in [1.29, 1.82) is 0 Å². The van der Waals surface area contributed by atoms with Crippen molar-refractivity contribution < 1.29 is 8.42 Å². The summed E-state index contributed by atoms with van der Waals surface area (Å²) in [6.07, 6.45) is 4.17. The number of anilines is 2. The van der Waals surface area contributed by atoms with Crippen molar-refractivity contribution in [2.24, 2.45) is 0 Å². The summed E-state index contributed by atoms with van der Waals surface area (Å²) in [6.45, 7) is 1.04. The second kappa shape index (κ2) is 5.65. The molecule has 3 heterocycles. The second-order valence-electron chi connectivity index (χ2n) is 5.41. The van der Waals surface area contributed by atoms with Gasteiger partial charge in [0.2, 0.25) is 10.0 Å². The maximum absolute atomic E-state index is 11.5. The molecule has 1 fully saturated rings. The van der Waals surface area contributed by atoms with Gasteiger partial charge in [0.05, 0.1) is 11.6 Å². The molecule has 3 N–H and O–H groups in total. The molecular weight excluding hydrogens is 304 g/mol. The molecule has 0 aliphatic carbocycles. The van der Waals surface area contributed by atoms with Crippen LogP contribution in [0.15, 0.2) is 18.5 Å². The van der Waals surface area contributed by atoms with Crippen LogP contribution in [0, 0.1) is 0 Å². The van der Waals surface area contributed by atoms with Gasteiger partial charge in [-0.2, -0.15) is 0 Å². The van der Waals surface area contributed by atoms with Crippen molar-refractivity contribution >= 4 is 32.7 Å². The van der Waals surface area contributed by atoms with Crippen LogP contribution in [0.3, 0.4) is 0 Å². The molecule has 0 aromatic carbocycles. The van der Waals surface area contributed by atoms with E-state index in [4.69, 9.17) is 5.73 Å². The molecule has 0 saturated carbocycles. The van der Waals surface area contributed by atoms with E-state index < -0.39 is 10.0 Å². The number of fused-ring (bicyclic) bond motifs is 1. The van der Waals surface area contributed by atoms with Crippen LogP contribution in [0.5, 0.6) is 0 Å². The normalized spacial score (nSPS) is 17.7. The van der Waals surface area contributed by atoms with E-state index in [2.05, 4.69) is 20.3 Å². The van der Waals surface area contributed by atoms with Crippen molar-refractivity contribution in [3.63, 3.8) is 0 Å². The fourth-order valence-electron chi connectivity index (χ4n) is 2.60. The van der Waals surface area contributed by atoms with E-state index in [-0.39, 0.29) is 6.04 Å². The summed E-state index contributed by atoms with van der Waals surface area (Å²) in [5.74, 6) is 1.12. The highest BCUT2D eigenvalue weighted by Crippen LogP contribution is 2.22. The number of nitrogens with one attached hydrogen (secondary N) is 1. The molecule has 1 aliphatic rings. The molecule has 0 radical (unpaired) electrons. The first-order valence-electron chi connectivity index (χ1n) is 7.02. The number of rotatable bonds is 3. The van der Waals surface area contributed by atoms with Crippen molar-refractivity contribution in [3.8, 4) is 0 Å². The van der Waals surface area contributed by atoms with Crippen molar-refractivity contribution in [1.82, 2.24) is 19.3 Å². The molecular formula is C13H18N6O2S. The number of piperidine rings is 1. The van der Waals surface area contributed by atoms with Gasteiger partial charge in [-0.25, -0.2) is 27.7 Å². The predicted octanol–water partition coefficient (Wildman–Crippen LogP) is 0.443. The SMILES string of the molecule is CS(=O)(=O)N1CCC(Nc2ncnc3nc(N)ccc23)CC1. The molecule has 8 nitrogen and oxygen atoms in total. The van der Waals surface area contributed by atoms with Crippen LogP contribution in [0.2, 0.25) is 0 Å². The van der Waals surface area contributed by atoms with E-state index in [1.807, 2.05) is 6.07 Å². The minimum Gasteiger partial charge on any atom is -0.384 e. The first-order valence-corrected chi connectivity index (χ1v) is 8.87. The van der Waals surface area contributed by atoms with Crippen LogP contribution in [0.25, 0.3) is 11.0 Å². The van der Waals surface area contributed by atoms with Crippen LogP contribution < -0.4 is 11.1 Å². The van der Waals surface area contributed by atoms with E-state index in [0.29, 0.717) is 30.4 Å². The quantitative estimate of drug-likeness (QED) is 0.842. The standard InChI is InChI=1S/C13H18N6O2S/c1-22(20,21)19-6-4-9(5-7-19)17-12-10-2-3-11(14)18-13(10)16-8-15-12/h2-3,8-9H,4-7H2,1H3,(H3,14,15,16,17,18). The van der Waals surface area contributed by atoms with Crippen LogP contribution in [0.1, 0.15) is 12.8 Å². The van der Waals surface area contributed by atoms with Gasteiger partial charge >= 0.3 is 0 Å². The molecule has 118 valence electrons. The molecule has 1 saturated heterocycles. The van der Waals surface area contributed by atoms with Gasteiger partial charge in [0.1, 0.15) is 18.0 Å². The van der Waals surface area contributed by atoms with E-state index in [0.717, 1.165) is 18.2 Å². The van der Waals surface area contributed by atoms with Crippen LogP contribution in [-0.4, -0.2) is 53.1 Å². The summed E-state index contributed by atoms with van der Waals surface area (Å²) in [4.78, 5) is 12.5. The smallest absolute Gasteiger partial charge is 0.211 e. The number of nitrogen functional groups attached to an aromatic ring is 1. The monoisotopic (exact) mass is 322 g/mol. The molecule has 3 rings (SSSR count). The molecule has 9 heteroatoms.